The van der Waals surface area contributed by atoms with Crippen LogP contribution in [0.1, 0.15) is 24.0 Å². The molecule has 1 aliphatic rings. The summed E-state index contributed by atoms with van der Waals surface area (Å²) in [7, 11) is 0. The molecule has 4 heteroatoms. The molecule has 0 heterocycles. The molecule has 22 heavy (non-hydrogen) atoms. The quantitative estimate of drug-likeness (QED) is 0.342. The van der Waals surface area contributed by atoms with E-state index in [2.05, 4.69) is 48.5 Å². The van der Waals surface area contributed by atoms with E-state index in [1.165, 1.54) is 47.2 Å². The summed E-state index contributed by atoms with van der Waals surface area (Å²) >= 11 is 0. The molecule has 0 amide bonds. The van der Waals surface area contributed by atoms with Crippen molar-refractivity contribution in [3.8, 4) is 0 Å². The minimum Gasteiger partial charge on any atom is -1.00 e. The monoisotopic (exact) mass is 389 g/mol. The molecule has 0 bridgehead atoms. The van der Waals surface area contributed by atoms with E-state index in [-0.39, 0.29) is 54.6 Å². The maximum atomic E-state index is 2.35. The molecule has 0 fully saturated rings. The van der Waals surface area contributed by atoms with Crippen molar-refractivity contribution in [2.75, 3.05) is 0 Å². The first-order valence-corrected chi connectivity index (χ1v) is 6.86. The van der Waals surface area contributed by atoms with Gasteiger partial charge in [0.15, 0.2) is 0 Å². The number of benzene rings is 3. The molecule has 0 nitrogen and oxygen atoms in total. The summed E-state index contributed by atoms with van der Waals surface area (Å²) in [5.74, 6) is 0. The van der Waals surface area contributed by atoms with Gasteiger partial charge in [0.1, 0.15) is 0 Å². The Morgan fingerprint density at radius 3 is 2.09 bits per heavy atom. The predicted octanol–water partition coefficient (Wildman–Crippen LogP) is -4.12. The van der Waals surface area contributed by atoms with E-state index in [1.54, 1.807) is 11.1 Å². The van der Waals surface area contributed by atoms with Crippen molar-refractivity contribution < 1.29 is 54.6 Å². The molecule has 115 valence electrons. The zero-order valence-corrected chi connectivity index (χ0v) is 15.5. The van der Waals surface area contributed by atoms with E-state index < -0.39 is 0 Å². The van der Waals surface area contributed by atoms with Gasteiger partial charge in [-0.15, -0.1) is 0 Å². The molecule has 0 atom stereocenters. The van der Waals surface area contributed by atoms with Crippen LogP contribution in [0.5, 0.6) is 0 Å². The van der Waals surface area contributed by atoms with E-state index in [0.717, 1.165) is 0 Å². The summed E-state index contributed by atoms with van der Waals surface area (Å²) in [5.41, 5.74) is 3.17. The Bertz CT molecular complexity index is 756. The van der Waals surface area contributed by atoms with Gasteiger partial charge in [0, 0.05) is 0 Å². The third kappa shape index (κ3) is 3.56. The Labute approximate surface area is 161 Å². The summed E-state index contributed by atoms with van der Waals surface area (Å²) in [6.45, 7) is 0. The van der Waals surface area contributed by atoms with E-state index in [9.17, 15) is 0 Å². The predicted molar refractivity (Wildman–Crippen MR) is 78.1 cm³/mol. The van der Waals surface area contributed by atoms with Crippen molar-refractivity contribution in [3.05, 3.63) is 59.7 Å². The van der Waals surface area contributed by atoms with Crippen LogP contribution in [0, 0.1) is 0 Å². The molecule has 0 saturated heterocycles. The molecule has 0 unspecified atom stereocenters. The number of fused-ring (bicyclic) bond motifs is 5. The first-order chi connectivity index (χ1) is 8.93. The number of rotatable bonds is 0. The van der Waals surface area contributed by atoms with Crippen molar-refractivity contribution in [1.82, 2.24) is 0 Å². The SMILES string of the molecule is [Cl-].[Cl-].[Cl-].[Cr+3].c1ccc2c(c1)ccc1c3c(ccc12)CCCC3. The maximum absolute atomic E-state index is 2.35. The molecule has 0 N–H and O–H groups in total. The Balaban J connectivity index is 0.00000110. The minimum absolute atomic E-state index is 0. The van der Waals surface area contributed by atoms with Gasteiger partial charge in [-0.1, -0.05) is 48.5 Å². The zero-order valence-electron chi connectivity index (χ0n) is 12.0. The fourth-order valence-corrected chi connectivity index (χ4v) is 3.34. The Kier molecular flexibility index (Phi) is 8.85. The van der Waals surface area contributed by atoms with Crippen LogP contribution in [0.3, 0.4) is 0 Å². The van der Waals surface area contributed by atoms with Crippen LogP contribution in [-0.4, -0.2) is 0 Å². The van der Waals surface area contributed by atoms with Crippen molar-refractivity contribution in [1.29, 1.82) is 0 Å². The van der Waals surface area contributed by atoms with Gasteiger partial charge < -0.3 is 37.2 Å². The molecule has 4 rings (SSSR count). The van der Waals surface area contributed by atoms with Crippen molar-refractivity contribution in [3.63, 3.8) is 0 Å². The van der Waals surface area contributed by atoms with Crippen LogP contribution < -0.4 is 37.2 Å². The number of halogens is 3. The molecule has 0 aromatic heterocycles. The van der Waals surface area contributed by atoms with Crippen LogP contribution >= 0.6 is 0 Å². The van der Waals surface area contributed by atoms with Crippen molar-refractivity contribution in [2.24, 2.45) is 0 Å². The zero-order chi connectivity index (χ0) is 11.9. The fraction of sp³-hybridized carbons (Fsp3) is 0.222. The second kappa shape index (κ2) is 9.02. The fourth-order valence-electron chi connectivity index (χ4n) is 3.34. The third-order valence-corrected chi connectivity index (χ3v) is 4.26. The van der Waals surface area contributed by atoms with Gasteiger partial charge in [-0.25, -0.2) is 0 Å². The van der Waals surface area contributed by atoms with Gasteiger partial charge in [0.2, 0.25) is 0 Å². The van der Waals surface area contributed by atoms with Gasteiger partial charge in [-0.3, -0.25) is 0 Å². The van der Waals surface area contributed by atoms with Crippen LogP contribution in [0.25, 0.3) is 21.5 Å². The Morgan fingerprint density at radius 2 is 1.27 bits per heavy atom. The molecule has 0 spiro atoms. The summed E-state index contributed by atoms with van der Waals surface area (Å²) < 4.78 is 0. The first kappa shape index (κ1) is 21.6. The van der Waals surface area contributed by atoms with Crippen LogP contribution in [0.2, 0.25) is 0 Å². The van der Waals surface area contributed by atoms with E-state index in [1.807, 2.05) is 0 Å². The standard InChI is InChI=1S/C18H16.3ClH.Cr/c1-3-7-15-13(5-1)9-11-18-16-8-4-2-6-14(16)10-12-17(15)18;;;;/h1,3,5,7,9-12H,2,4,6,8H2;3*1H;/q;;;;+3/p-3. The molecular formula is C18H16Cl3Cr. The molecule has 0 saturated carbocycles. The summed E-state index contributed by atoms with van der Waals surface area (Å²) in [4.78, 5) is 0. The molecule has 1 radical (unpaired) electrons. The molecule has 3 aromatic carbocycles. The van der Waals surface area contributed by atoms with Crippen molar-refractivity contribution in [2.45, 2.75) is 25.7 Å². The normalized spacial score (nSPS) is 12.2. The molecule has 1 aliphatic carbocycles. The largest absolute Gasteiger partial charge is 3.00 e. The number of hydrogen-bond donors (Lipinski definition) is 0. The van der Waals surface area contributed by atoms with Gasteiger partial charge in [-0.2, -0.15) is 0 Å². The Morgan fingerprint density at radius 1 is 0.591 bits per heavy atom. The topological polar surface area (TPSA) is 0 Å². The second-order valence-corrected chi connectivity index (χ2v) is 5.29. The van der Waals surface area contributed by atoms with Gasteiger partial charge in [0.05, 0.1) is 0 Å². The van der Waals surface area contributed by atoms with Crippen molar-refractivity contribution >= 4 is 21.5 Å². The summed E-state index contributed by atoms with van der Waals surface area (Å²) in [5, 5.41) is 5.64. The number of aryl methyl sites for hydroxylation is 2. The average Bonchev–Trinajstić information content (AvgIpc) is 2.46. The van der Waals surface area contributed by atoms with E-state index >= 15 is 0 Å². The third-order valence-electron chi connectivity index (χ3n) is 4.26. The van der Waals surface area contributed by atoms with E-state index in [4.69, 9.17) is 0 Å². The van der Waals surface area contributed by atoms with Gasteiger partial charge >= 0.3 is 17.4 Å². The summed E-state index contributed by atoms with van der Waals surface area (Å²) in [6.07, 6.45) is 5.22. The van der Waals surface area contributed by atoms with E-state index in [0.29, 0.717) is 0 Å². The average molecular weight is 391 g/mol. The molecular weight excluding hydrogens is 375 g/mol. The van der Waals surface area contributed by atoms with Gasteiger partial charge in [0.25, 0.3) is 0 Å². The van der Waals surface area contributed by atoms with Crippen LogP contribution in [-0.2, 0) is 30.2 Å². The maximum Gasteiger partial charge on any atom is 3.00 e. The van der Waals surface area contributed by atoms with Crippen LogP contribution in [0.15, 0.2) is 48.5 Å². The number of hydrogen-bond acceptors (Lipinski definition) is 0. The molecule has 0 aliphatic heterocycles. The summed E-state index contributed by atoms with van der Waals surface area (Å²) in [6, 6.07) is 18.0. The van der Waals surface area contributed by atoms with Crippen LogP contribution in [0.4, 0.5) is 0 Å². The Hall–Kier alpha value is -0.418. The second-order valence-electron chi connectivity index (χ2n) is 5.29. The minimum atomic E-state index is 0. The first-order valence-electron chi connectivity index (χ1n) is 6.86. The smallest absolute Gasteiger partial charge is 1.00 e. The molecule has 3 aromatic rings. The van der Waals surface area contributed by atoms with Gasteiger partial charge in [-0.05, 0) is 58.4 Å².